The first-order chi connectivity index (χ1) is 12.6. The minimum Gasteiger partial charge on any atom is -0.378 e. The molecule has 0 aliphatic carbocycles. The first kappa shape index (κ1) is 18.2. The average Bonchev–Trinajstić information content (AvgIpc) is 2.68. The standard InChI is InChI=1S/C21H28N4O/c1-4-18-7-5-6-12-25(18)20-13-16(14-22-15-20)21(26)23-17-8-10-19(11-9-17)24(2)3/h8-11,13-15,18H,4-7,12H2,1-3H3,(H,23,26). The van der Waals surface area contributed by atoms with Gasteiger partial charge in [-0.15, -0.1) is 0 Å². The number of nitrogens with zero attached hydrogens (tertiary/aromatic N) is 3. The van der Waals surface area contributed by atoms with E-state index in [-0.39, 0.29) is 5.91 Å². The van der Waals surface area contributed by atoms with Gasteiger partial charge in [-0.2, -0.15) is 0 Å². The first-order valence-corrected chi connectivity index (χ1v) is 9.39. The number of benzene rings is 1. The number of nitrogens with one attached hydrogen (secondary N) is 1. The molecule has 0 spiro atoms. The SMILES string of the molecule is CCC1CCCCN1c1cncc(C(=O)Nc2ccc(N(C)C)cc2)c1. The average molecular weight is 352 g/mol. The lowest BCUT2D eigenvalue weighted by Crippen LogP contribution is -2.39. The Balaban J connectivity index is 1.73. The van der Waals surface area contributed by atoms with Crippen LogP contribution >= 0.6 is 0 Å². The molecule has 1 aromatic carbocycles. The molecule has 0 bridgehead atoms. The Bertz CT molecular complexity index is 742. The predicted octanol–water partition coefficient (Wildman–Crippen LogP) is 4.17. The molecule has 0 radical (unpaired) electrons. The summed E-state index contributed by atoms with van der Waals surface area (Å²) in [6.45, 7) is 3.27. The van der Waals surface area contributed by atoms with Crippen molar-refractivity contribution in [2.24, 2.45) is 0 Å². The number of aromatic nitrogens is 1. The Morgan fingerprint density at radius 1 is 1.23 bits per heavy atom. The fraction of sp³-hybridized carbons (Fsp3) is 0.429. The summed E-state index contributed by atoms with van der Waals surface area (Å²) < 4.78 is 0. The van der Waals surface area contributed by atoms with Gasteiger partial charge in [0.2, 0.25) is 0 Å². The van der Waals surface area contributed by atoms with E-state index in [1.165, 1.54) is 19.3 Å². The second-order valence-corrected chi connectivity index (χ2v) is 7.08. The van der Waals surface area contributed by atoms with Gasteiger partial charge in [-0.3, -0.25) is 9.78 Å². The Morgan fingerprint density at radius 2 is 2.00 bits per heavy atom. The Morgan fingerprint density at radius 3 is 2.69 bits per heavy atom. The summed E-state index contributed by atoms with van der Waals surface area (Å²) in [5.74, 6) is -0.123. The second-order valence-electron chi connectivity index (χ2n) is 7.08. The van der Waals surface area contributed by atoms with E-state index < -0.39 is 0 Å². The molecule has 1 amide bonds. The molecule has 26 heavy (non-hydrogen) atoms. The van der Waals surface area contributed by atoms with Gasteiger partial charge in [0.25, 0.3) is 5.91 Å². The molecule has 1 aliphatic rings. The van der Waals surface area contributed by atoms with Crippen LogP contribution in [0.4, 0.5) is 17.1 Å². The maximum atomic E-state index is 12.6. The van der Waals surface area contributed by atoms with Gasteiger partial charge in [-0.05, 0) is 56.0 Å². The molecule has 1 aromatic heterocycles. The third-order valence-corrected chi connectivity index (χ3v) is 5.06. The van der Waals surface area contributed by atoms with Crippen molar-refractivity contribution in [3.05, 3.63) is 48.3 Å². The van der Waals surface area contributed by atoms with Crippen LogP contribution in [-0.2, 0) is 0 Å². The number of amides is 1. The van der Waals surface area contributed by atoms with Crippen molar-refractivity contribution in [1.82, 2.24) is 4.98 Å². The molecule has 3 rings (SSSR count). The number of carbonyl (C=O) groups is 1. The van der Waals surface area contributed by atoms with E-state index >= 15 is 0 Å². The number of hydrogen-bond donors (Lipinski definition) is 1. The monoisotopic (exact) mass is 352 g/mol. The van der Waals surface area contributed by atoms with Crippen LogP contribution in [0.15, 0.2) is 42.7 Å². The molecule has 5 nitrogen and oxygen atoms in total. The summed E-state index contributed by atoms with van der Waals surface area (Å²) in [4.78, 5) is 21.4. The van der Waals surface area contributed by atoms with E-state index in [0.29, 0.717) is 11.6 Å². The number of carbonyl (C=O) groups excluding carboxylic acids is 1. The quantitative estimate of drug-likeness (QED) is 0.877. The van der Waals surface area contributed by atoms with Gasteiger partial charge in [0.05, 0.1) is 17.4 Å². The summed E-state index contributed by atoms with van der Waals surface area (Å²) >= 11 is 0. The van der Waals surface area contributed by atoms with Crippen molar-refractivity contribution in [1.29, 1.82) is 0 Å². The highest BCUT2D eigenvalue weighted by Crippen LogP contribution is 2.26. The molecule has 1 N–H and O–H groups in total. The maximum absolute atomic E-state index is 12.6. The fourth-order valence-corrected chi connectivity index (χ4v) is 3.52. The summed E-state index contributed by atoms with van der Waals surface area (Å²) in [6.07, 6.45) is 8.32. The van der Waals surface area contributed by atoms with Crippen molar-refractivity contribution in [3.63, 3.8) is 0 Å². The zero-order chi connectivity index (χ0) is 18.5. The van der Waals surface area contributed by atoms with Crippen LogP contribution < -0.4 is 15.1 Å². The molecule has 1 atom stereocenters. The van der Waals surface area contributed by atoms with Gasteiger partial charge < -0.3 is 15.1 Å². The highest BCUT2D eigenvalue weighted by Gasteiger charge is 2.22. The number of piperidine rings is 1. The summed E-state index contributed by atoms with van der Waals surface area (Å²) in [6, 6.07) is 10.3. The van der Waals surface area contributed by atoms with E-state index in [0.717, 1.165) is 30.0 Å². The van der Waals surface area contributed by atoms with Gasteiger partial charge in [0.1, 0.15) is 0 Å². The predicted molar refractivity (Wildman–Crippen MR) is 108 cm³/mol. The molecule has 1 saturated heterocycles. The van der Waals surface area contributed by atoms with Crippen LogP contribution in [0.1, 0.15) is 43.0 Å². The van der Waals surface area contributed by atoms with Gasteiger partial charge in [0.15, 0.2) is 0 Å². The maximum Gasteiger partial charge on any atom is 0.257 e. The second kappa shape index (κ2) is 8.21. The lowest BCUT2D eigenvalue weighted by Gasteiger charge is -2.37. The number of pyridine rings is 1. The molecule has 0 saturated carbocycles. The first-order valence-electron chi connectivity index (χ1n) is 9.39. The number of rotatable bonds is 5. The van der Waals surface area contributed by atoms with Gasteiger partial charge in [-0.1, -0.05) is 6.92 Å². The molecule has 1 aliphatic heterocycles. The Hall–Kier alpha value is -2.56. The largest absolute Gasteiger partial charge is 0.378 e. The molecule has 1 unspecified atom stereocenters. The van der Waals surface area contributed by atoms with Crippen LogP contribution in [0, 0.1) is 0 Å². The van der Waals surface area contributed by atoms with E-state index in [1.54, 1.807) is 6.20 Å². The lowest BCUT2D eigenvalue weighted by molar-refractivity contribution is 0.102. The summed E-state index contributed by atoms with van der Waals surface area (Å²) in [7, 11) is 3.99. The highest BCUT2D eigenvalue weighted by atomic mass is 16.1. The minimum atomic E-state index is -0.123. The van der Waals surface area contributed by atoms with E-state index in [4.69, 9.17) is 0 Å². The van der Waals surface area contributed by atoms with Crippen LogP contribution in [0.3, 0.4) is 0 Å². The van der Waals surface area contributed by atoms with Gasteiger partial charge >= 0.3 is 0 Å². The molecule has 1 fully saturated rings. The zero-order valence-electron chi connectivity index (χ0n) is 15.9. The molecule has 5 heteroatoms. The van der Waals surface area contributed by atoms with Crippen LogP contribution in [0.5, 0.6) is 0 Å². The van der Waals surface area contributed by atoms with Crippen LogP contribution in [-0.4, -0.2) is 37.6 Å². The molecular formula is C21H28N4O. The van der Waals surface area contributed by atoms with Gasteiger partial charge in [0, 0.05) is 44.3 Å². The van der Waals surface area contributed by atoms with E-state index in [9.17, 15) is 4.79 Å². The van der Waals surface area contributed by atoms with Crippen molar-refractivity contribution < 1.29 is 4.79 Å². The lowest BCUT2D eigenvalue weighted by atomic mass is 9.99. The van der Waals surface area contributed by atoms with Crippen molar-refractivity contribution in [2.75, 3.05) is 35.8 Å². The molecular weight excluding hydrogens is 324 g/mol. The van der Waals surface area contributed by atoms with Crippen LogP contribution in [0.25, 0.3) is 0 Å². The smallest absolute Gasteiger partial charge is 0.257 e. The highest BCUT2D eigenvalue weighted by molar-refractivity contribution is 6.04. The topological polar surface area (TPSA) is 48.5 Å². The number of anilines is 3. The van der Waals surface area contributed by atoms with Crippen LogP contribution in [0.2, 0.25) is 0 Å². The van der Waals surface area contributed by atoms with Crippen molar-refractivity contribution in [3.8, 4) is 0 Å². The fourth-order valence-electron chi connectivity index (χ4n) is 3.52. The molecule has 2 heterocycles. The third-order valence-electron chi connectivity index (χ3n) is 5.06. The van der Waals surface area contributed by atoms with Crippen molar-refractivity contribution in [2.45, 2.75) is 38.6 Å². The Kier molecular flexibility index (Phi) is 5.76. The normalized spacial score (nSPS) is 17.0. The van der Waals surface area contributed by atoms with E-state index in [1.807, 2.05) is 55.5 Å². The summed E-state index contributed by atoms with van der Waals surface area (Å²) in [5.41, 5.74) is 3.53. The molecule has 2 aromatic rings. The molecule has 138 valence electrons. The minimum absolute atomic E-state index is 0.123. The number of hydrogen-bond acceptors (Lipinski definition) is 4. The third kappa shape index (κ3) is 4.15. The Labute approximate surface area is 156 Å². The summed E-state index contributed by atoms with van der Waals surface area (Å²) in [5, 5.41) is 2.96. The van der Waals surface area contributed by atoms with E-state index in [2.05, 4.69) is 22.1 Å². The van der Waals surface area contributed by atoms with Crippen molar-refractivity contribution >= 4 is 23.0 Å². The van der Waals surface area contributed by atoms with Gasteiger partial charge in [-0.25, -0.2) is 0 Å². The zero-order valence-corrected chi connectivity index (χ0v) is 15.9.